The van der Waals surface area contributed by atoms with E-state index in [9.17, 15) is 4.57 Å². The molecule has 0 bridgehead atoms. The normalized spacial score (nSPS) is 11.7. The molecule has 0 spiro atoms. The van der Waals surface area contributed by atoms with Crippen molar-refractivity contribution in [1.82, 2.24) is 0 Å². The highest BCUT2D eigenvalue weighted by molar-refractivity contribution is 9.10. The van der Waals surface area contributed by atoms with Crippen LogP contribution in [0.25, 0.3) is 0 Å². The SMILES string of the molecule is O=P(O)(O)Cc1cc(Br)ccc1Cl. The Morgan fingerprint density at radius 2 is 2.08 bits per heavy atom. The summed E-state index contributed by atoms with van der Waals surface area (Å²) in [5.41, 5.74) is 0.448. The predicted octanol–water partition coefficient (Wildman–Crippen LogP) is 2.78. The van der Waals surface area contributed by atoms with E-state index < -0.39 is 7.60 Å². The summed E-state index contributed by atoms with van der Waals surface area (Å²) in [4.78, 5) is 17.4. The van der Waals surface area contributed by atoms with Gasteiger partial charge in [-0.15, -0.1) is 0 Å². The van der Waals surface area contributed by atoms with Crippen LogP contribution in [0.4, 0.5) is 0 Å². The van der Waals surface area contributed by atoms with E-state index in [0.29, 0.717) is 10.6 Å². The Bertz CT molecular complexity index is 363. The van der Waals surface area contributed by atoms with Crippen LogP contribution >= 0.6 is 35.1 Å². The fraction of sp³-hybridized carbons (Fsp3) is 0.143. The van der Waals surface area contributed by atoms with Crippen molar-refractivity contribution in [2.24, 2.45) is 0 Å². The number of benzene rings is 1. The van der Waals surface area contributed by atoms with Crippen molar-refractivity contribution >= 4 is 35.1 Å². The summed E-state index contributed by atoms with van der Waals surface area (Å²) in [7, 11) is -4.04. The van der Waals surface area contributed by atoms with Crippen LogP contribution in [0.5, 0.6) is 0 Å². The van der Waals surface area contributed by atoms with Gasteiger partial charge in [0.15, 0.2) is 0 Å². The van der Waals surface area contributed by atoms with Crippen molar-refractivity contribution in [2.45, 2.75) is 6.16 Å². The van der Waals surface area contributed by atoms with Crippen LogP contribution in [0.15, 0.2) is 22.7 Å². The first-order chi connectivity index (χ1) is 5.88. The Kier molecular flexibility index (Phi) is 3.55. The molecular formula is C7H7BrClO3P. The molecule has 1 rings (SSSR count). The van der Waals surface area contributed by atoms with Gasteiger partial charge in [-0.1, -0.05) is 27.5 Å². The fourth-order valence-electron chi connectivity index (χ4n) is 0.886. The molecule has 1 aromatic rings. The Morgan fingerprint density at radius 3 is 2.62 bits per heavy atom. The van der Waals surface area contributed by atoms with Gasteiger partial charge in [-0.3, -0.25) is 4.57 Å². The standard InChI is InChI=1S/C7H7BrClO3P/c8-6-1-2-7(9)5(3-6)4-13(10,11)12/h1-3H,4H2,(H2,10,11,12). The average molecular weight is 285 g/mol. The zero-order valence-electron chi connectivity index (χ0n) is 6.44. The van der Waals surface area contributed by atoms with Crippen molar-refractivity contribution < 1.29 is 14.4 Å². The summed E-state index contributed by atoms with van der Waals surface area (Å²) in [5, 5.41) is 0.367. The van der Waals surface area contributed by atoms with Crippen LogP contribution in [-0.2, 0) is 10.7 Å². The molecule has 13 heavy (non-hydrogen) atoms. The average Bonchev–Trinajstić information content (AvgIpc) is 1.94. The molecule has 0 aliphatic heterocycles. The van der Waals surface area contributed by atoms with Gasteiger partial charge in [-0.05, 0) is 23.8 Å². The second-order valence-corrected chi connectivity index (χ2v) is 5.53. The molecule has 0 heterocycles. The van der Waals surface area contributed by atoms with Crippen LogP contribution in [0.1, 0.15) is 5.56 Å². The number of hydrogen-bond acceptors (Lipinski definition) is 1. The zero-order valence-corrected chi connectivity index (χ0v) is 9.68. The zero-order chi connectivity index (χ0) is 10.1. The minimum Gasteiger partial charge on any atom is -0.324 e. The molecule has 0 amide bonds. The van der Waals surface area contributed by atoms with Crippen molar-refractivity contribution in [3.8, 4) is 0 Å². The summed E-state index contributed by atoms with van der Waals surface area (Å²) < 4.78 is 11.4. The number of rotatable bonds is 2. The van der Waals surface area contributed by atoms with E-state index in [4.69, 9.17) is 21.4 Å². The molecule has 2 N–H and O–H groups in total. The van der Waals surface area contributed by atoms with E-state index in [1.165, 1.54) is 0 Å². The largest absolute Gasteiger partial charge is 0.329 e. The predicted molar refractivity (Wildman–Crippen MR) is 54.9 cm³/mol. The lowest BCUT2D eigenvalue weighted by Gasteiger charge is -2.06. The molecule has 0 atom stereocenters. The third kappa shape index (κ3) is 3.79. The molecule has 3 nitrogen and oxygen atoms in total. The number of hydrogen-bond donors (Lipinski definition) is 2. The molecule has 0 unspecified atom stereocenters. The highest BCUT2D eigenvalue weighted by Crippen LogP contribution is 2.41. The van der Waals surface area contributed by atoms with E-state index in [0.717, 1.165) is 4.47 Å². The maximum Gasteiger partial charge on any atom is 0.329 e. The molecule has 0 saturated carbocycles. The van der Waals surface area contributed by atoms with E-state index in [2.05, 4.69) is 15.9 Å². The van der Waals surface area contributed by atoms with Gasteiger partial charge in [-0.25, -0.2) is 0 Å². The molecule has 1 aromatic carbocycles. The van der Waals surface area contributed by atoms with E-state index >= 15 is 0 Å². The molecule has 0 aromatic heterocycles. The van der Waals surface area contributed by atoms with E-state index in [1.54, 1.807) is 18.2 Å². The van der Waals surface area contributed by atoms with Crippen LogP contribution < -0.4 is 0 Å². The monoisotopic (exact) mass is 284 g/mol. The van der Waals surface area contributed by atoms with Crippen molar-refractivity contribution in [1.29, 1.82) is 0 Å². The maximum absolute atomic E-state index is 10.7. The lowest BCUT2D eigenvalue weighted by Crippen LogP contribution is -1.88. The van der Waals surface area contributed by atoms with Crippen LogP contribution in [-0.4, -0.2) is 9.79 Å². The van der Waals surface area contributed by atoms with Gasteiger partial charge in [-0.2, -0.15) is 0 Å². The van der Waals surface area contributed by atoms with Gasteiger partial charge in [0.25, 0.3) is 0 Å². The first-order valence-electron chi connectivity index (χ1n) is 3.37. The highest BCUT2D eigenvalue weighted by atomic mass is 79.9. The van der Waals surface area contributed by atoms with Crippen molar-refractivity contribution in [2.75, 3.05) is 0 Å². The maximum atomic E-state index is 10.7. The topological polar surface area (TPSA) is 57.5 Å². The number of halogens is 2. The Morgan fingerprint density at radius 1 is 1.46 bits per heavy atom. The van der Waals surface area contributed by atoms with Gasteiger partial charge in [0, 0.05) is 9.50 Å². The quantitative estimate of drug-likeness (QED) is 0.822. The summed E-state index contributed by atoms with van der Waals surface area (Å²) in [6.07, 6.45) is -0.328. The molecule has 0 fully saturated rings. The molecule has 0 aliphatic rings. The lowest BCUT2D eigenvalue weighted by atomic mass is 10.2. The second-order valence-electron chi connectivity index (χ2n) is 2.56. The third-order valence-electron chi connectivity index (χ3n) is 1.38. The summed E-state index contributed by atoms with van der Waals surface area (Å²) in [6, 6.07) is 4.91. The van der Waals surface area contributed by atoms with E-state index in [1.807, 2.05) is 0 Å². The van der Waals surface area contributed by atoms with Crippen molar-refractivity contribution in [3.05, 3.63) is 33.3 Å². The van der Waals surface area contributed by atoms with Crippen LogP contribution in [0.2, 0.25) is 5.02 Å². The Hall–Kier alpha value is 0.140. The summed E-state index contributed by atoms with van der Waals surface area (Å²) >= 11 is 8.93. The smallest absolute Gasteiger partial charge is 0.324 e. The summed E-state index contributed by atoms with van der Waals surface area (Å²) in [5.74, 6) is 0. The molecule has 0 radical (unpaired) electrons. The van der Waals surface area contributed by atoms with Gasteiger partial charge >= 0.3 is 7.60 Å². The molecular weight excluding hydrogens is 278 g/mol. The fourth-order valence-corrected chi connectivity index (χ4v) is 2.28. The van der Waals surface area contributed by atoms with Gasteiger partial charge in [0.05, 0.1) is 6.16 Å². The summed E-state index contributed by atoms with van der Waals surface area (Å²) in [6.45, 7) is 0. The first-order valence-corrected chi connectivity index (χ1v) is 6.34. The lowest BCUT2D eigenvalue weighted by molar-refractivity contribution is 0.371. The molecule has 72 valence electrons. The minimum atomic E-state index is -4.04. The van der Waals surface area contributed by atoms with Crippen molar-refractivity contribution in [3.63, 3.8) is 0 Å². The van der Waals surface area contributed by atoms with E-state index in [-0.39, 0.29) is 6.16 Å². The second kappa shape index (κ2) is 4.11. The Labute approximate surface area is 89.0 Å². The van der Waals surface area contributed by atoms with Crippen LogP contribution in [0.3, 0.4) is 0 Å². The molecule has 6 heteroatoms. The molecule has 0 aliphatic carbocycles. The van der Waals surface area contributed by atoms with Gasteiger partial charge in [0.2, 0.25) is 0 Å². The molecule has 0 saturated heterocycles. The van der Waals surface area contributed by atoms with Gasteiger partial charge in [0.1, 0.15) is 0 Å². The minimum absolute atomic E-state index is 0.328. The highest BCUT2D eigenvalue weighted by Gasteiger charge is 2.16. The Balaban J connectivity index is 3.01. The van der Waals surface area contributed by atoms with Crippen LogP contribution in [0, 0.1) is 0 Å². The van der Waals surface area contributed by atoms with Gasteiger partial charge < -0.3 is 9.79 Å². The first kappa shape index (κ1) is 11.2. The third-order valence-corrected chi connectivity index (χ3v) is 3.00.